The van der Waals surface area contributed by atoms with Crippen LogP contribution in [0.4, 0.5) is 0 Å². The number of hydrogen-bond donors (Lipinski definition) is 1. The van der Waals surface area contributed by atoms with Gasteiger partial charge < -0.3 is 10.5 Å². The highest BCUT2D eigenvalue weighted by Gasteiger charge is 2.14. The van der Waals surface area contributed by atoms with Gasteiger partial charge >= 0.3 is 0 Å². The van der Waals surface area contributed by atoms with E-state index < -0.39 is 0 Å². The van der Waals surface area contributed by atoms with E-state index in [1.165, 1.54) is 11.1 Å². The van der Waals surface area contributed by atoms with E-state index in [4.69, 9.17) is 22.1 Å². The zero-order valence-corrected chi connectivity index (χ0v) is 13.3. The van der Waals surface area contributed by atoms with Crippen LogP contribution in [-0.4, -0.2) is 13.2 Å². The minimum atomic E-state index is 0.301. The number of aryl methyl sites for hydroxylation is 1. The van der Waals surface area contributed by atoms with Gasteiger partial charge in [-0.05, 0) is 54.9 Å². The van der Waals surface area contributed by atoms with Crippen LogP contribution in [0.25, 0.3) is 0 Å². The zero-order valence-electron chi connectivity index (χ0n) is 12.5. The molecular formula is C16H26ClNO. The van der Waals surface area contributed by atoms with Gasteiger partial charge in [-0.3, -0.25) is 0 Å². The Labute approximate surface area is 122 Å². The summed E-state index contributed by atoms with van der Waals surface area (Å²) in [5, 5.41) is 0.791. The summed E-state index contributed by atoms with van der Waals surface area (Å²) in [6.45, 7) is 6.44. The first kappa shape index (κ1) is 16.3. The number of nitrogens with two attached hydrogens (primary N) is 1. The first-order valence-electron chi connectivity index (χ1n) is 7.11. The molecule has 2 N–H and O–H groups in total. The molecule has 1 unspecified atom stereocenters. The Kier molecular flexibility index (Phi) is 6.67. The second-order valence-electron chi connectivity index (χ2n) is 5.40. The van der Waals surface area contributed by atoms with Crippen molar-refractivity contribution in [2.75, 3.05) is 7.11 Å². The van der Waals surface area contributed by atoms with Gasteiger partial charge in [-0.25, -0.2) is 0 Å². The van der Waals surface area contributed by atoms with Crippen LogP contribution in [0.2, 0.25) is 5.02 Å². The monoisotopic (exact) mass is 283 g/mol. The molecule has 19 heavy (non-hydrogen) atoms. The summed E-state index contributed by atoms with van der Waals surface area (Å²) in [7, 11) is 1.73. The Bertz CT molecular complexity index is 404. The molecule has 2 nitrogen and oxygen atoms in total. The summed E-state index contributed by atoms with van der Waals surface area (Å²) < 4.78 is 5.59. The lowest BCUT2D eigenvalue weighted by atomic mass is 9.96. The number of rotatable bonds is 7. The fraction of sp³-hybridized carbons (Fsp3) is 0.625. The average molecular weight is 284 g/mol. The fourth-order valence-corrected chi connectivity index (χ4v) is 2.54. The van der Waals surface area contributed by atoms with E-state index in [9.17, 15) is 0 Å². The summed E-state index contributed by atoms with van der Waals surface area (Å²) in [4.78, 5) is 0. The number of halogens is 1. The van der Waals surface area contributed by atoms with Gasteiger partial charge in [0.15, 0.2) is 0 Å². The highest BCUT2D eigenvalue weighted by molar-refractivity contribution is 6.30. The van der Waals surface area contributed by atoms with Crippen LogP contribution in [-0.2, 0) is 6.42 Å². The molecule has 0 radical (unpaired) electrons. The van der Waals surface area contributed by atoms with Crippen LogP contribution in [0.15, 0.2) is 12.1 Å². The molecule has 1 rings (SSSR count). The molecule has 108 valence electrons. The van der Waals surface area contributed by atoms with Crippen molar-refractivity contribution in [3.8, 4) is 5.75 Å². The SMILES string of the molecule is CCC(N)CCCc1cc(Cl)cc(C(C)C)c1OC. The summed E-state index contributed by atoms with van der Waals surface area (Å²) in [6, 6.07) is 4.32. The number of hydrogen-bond acceptors (Lipinski definition) is 2. The first-order chi connectivity index (χ1) is 8.99. The number of ether oxygens (including phenoxy) is 1. The molecule has 0 saturated carbocycles. The standard InChI is InChI=1S/C16H26ClNO/c1-5-14(18)8-6-7-12-9-13(17)10-15(11(2)3)16(12)19-4/h9-11,14H,5-8,18H2,1-4H3. The third-order valence-electron chi connectivity index (χ3n) is 3.53. The van der Waals surface area contributed by atoms with Gasteiger partial charge in [0.05, 0.1) is 7.11 Å². The molecule has 0 aliphatic rings. The highest BCUT2D eigenvalue weighted by atomic mass is 35.5. The van der Waals surface area contributed by atoms with Crippen LogP contribution in [0.3, 0.4) is 0 Å². The van der Waals surface area contributed by atoms with Gasteiger partial charge in [0.1, 0.15) is 5.75 Å². The number of benzene rings is 1. The fourth-order valence-electron chi connectivity index (χ4n) is 2.30. The second-order valence-corrected chi connectivity index (χ2v) is 5.84. The van der Waals surface area contributed by atoms with Crippen LogP contribution >= 0.6 is 11.6 Å². The van der Waals surface area contributed by atoms with Crippen molar-refractivity contribution in [3.05, 3.63) is 28.3 Å². The summed E-state index contributed by atoms with van der Waals surface area (Å²) >= 11 is 6.21. The maximum Gasteiger partial charge on any atom is 0.125 e. The van der Waals surface area contributed by atoms with Gasteiger partial charge in [-0.1, -0.05) is 32.4 Å². The largest absolute Gasteiger partial charge is 0.496 e. The molecule has 3 heteroatoms. The molecule has 0 aromatic heterocycles. The van der Waals surface area contributed by atoms with E-state index in [1.807, 2.05) is 12.1 Å². The van der Waals surface area contributed by atoms with Crippen molar-refractivity contribution in [1.82, 2.24) is 0 Å². The number of methoxy groups -OCH3 is 1. The Balaban J connectivity index is 2.87. The van der Waals surface area contributed by atoms with Crippen LogP contribution in [0.5, 0.6) is 5.75 Å². The molecule has 0 heterocycles. The lowest BCUT2D eigenvalue weighted by molar-refractivity contribution is 0.401. The predicted molar refractivity (Wildman–Crippen MR) is 83.3 cm³/mol. The maximum atomic E-state index is 6.21. The lowest BCUT2D eigenvalue weighted by Crippen LogP contribution is -2.18. The van der Waals surface area contributed by atoms with Crippen LogP contribution < -0.4 is 10.5 Å². The third-order valence-corrected chi connectivity index (χ3v) is 3.75. The van der Waals surface area contributed by atoms with Gasteiger partial charge in [0, 0.05) is 11.1 Å². The quantitative estimate of drug-likeness (QED) is 0.798. The van der Waals surface area contributed by atoms with Gasteiger partial charge in [0.25, 0.3) is 0 Å². The maximum absolute atomic E-state index is 6.21. The summed E-state index contributed by atoms with van der Waals surface area (Å²) in [6.07, 6.45) is 4.12. The Hall–Kier alpha value is -0.730. The van der Waals surface area contributed by atoms with Crippen molar-refractivity contribution < 1.29 is 4.74 Å². The molecule has 0 aliphatic carbocycles. The Morgan fingerprint density at radius 3 is 2.53 bits per heavy atom. The van der Waals surface area contributed by atoms with E-state index >= 15 is 0 Å². The molecule has 0 aliphatic heterocycles. The van der Waals surface area contributed by atoms with Crippen molar-refractivity contribution in [2.45, 2.75) is 58.4 Å². The van der Waals surface area contributed by atoms with Gasteiger partial charge in [-0.15, -0.1) is 0 Å². The van der Waals surface area contributed by atoms with Gasteiger partial charge in [-0.2, -0.15) is 0 Å². The Morgan fingerprint density at radius 2 is 2.00 bits per heavy atom. The van der Waals surface area contributed by atoms with Crippen LogP contribution in [0.1, 0.15) is 57.1 Å². The van der Waals surface area contributed by atoms with Gasteiger partial charge in [0.2, 0.25) is 0 Å². The predicted octanol–water partition coefficient (Wildman–Crippen LogP) is 4.53. The zero-order chi connectivity index (χ0) is 14.4. The van der Waals surface area contributed by atoms with E-state index in [1.54, 1.807) is 7.11 Å². The smallest absolute Gasteiger partial charge is 0.125 e. The first-order valence-corrected chi connectivity index (χ1v) is 7.49. The van der Waals surface area contributed by atoms with Crippen molar-refractivity contribution in [2.24, 2.45) is 5.73 Å². The molecule has 0 amide bonds. The second kappa shape index (κ2) is 7.76. The molecule has 1 aromatic rings. The van der Waals surface area contributed by atoms with E-state index in [0.717, 1.165) is 36.5 Å². The van der Waals surface area contributed by atoms with E-state index in [0.29, 0.717) is 12.0 Å². The minimum absolute atomic E-state index is 0.301. The summed E-state index contributed by atoms with van der Waals surface area (Å²) in [5.74, 6) is 1.40. The molecule has 1 aromatic carbocycles. The van der Waals surface area contributed by atoms with E-state index in [2.05, 4.69) is 20.8 Å². The third kappa shape index (κ3) is 4.70. The normalized spacial score (nSPS) is 12.8. The summed E-state index contributed by atoms with van der Waals surface area (Å²) in [5.41, 5.74) is 8.34. The Morgan fingerprint density at radius 1 is 1.32 bits per heavy atom. The molecular weight excluding hydrogens is 258 g/mol. The molecule has 0 bridgehead atoms. The highest BCUT2D eigenvalue weighted by Crippen LogP contribution is 2.34. The minimum Gasteiger partial charge on any atom is -0.496 e. The van der Waals surface area contributed by atoms with Crippen molar-refractivity contribution in [1.29, 1.82) is 0 Å². The average Bonchev–Trinajstić information content (AvgIpc) is 2.37. The molecule has 0 saturated heterocycles. The van der Waals surface area contributed by atoms with Crippen LogP contribution in [0, 0.1) is 0 Å². The van der Waals surface area contributed by atoms with Crippen molar-refractivity contribution >= 4 is 11.6 Å². The van der Waals surface area contributed by atoms with Crippen molar-refractivity contribution in [3.63, 3.8) is 0 Å². The molecule has 0 fully saturated rings. The lowest BCUT2D eigenvalue weighted by Gasteiger charge is -2.17. The topological polar surface area (TPSA) is 35.2 Å². The molecule has 1 atom stereocenters. The molecule has 0 spiro atoms. The van der Waals surface area contributed by atoms with E-state index in [-0.39, 0.29) is 0 Å².